The standard InChI is InChI=1S/C18H24N2O/c1-2-9-19-10-6-11-20(13-12-19)18(21)17-14-16(17)15-7-4-3-5-8-15/h2-5,7-8,16-17H,1,6,9-14H2. The van der Waals surface area contributed by atoms with Gasteiger partial charge in [-0.2, -0.15) is 0 Å². The fraction of sp³-hybridized carbons (Fsp3) is 0.500. The van der Waals surface area contributed by atoms with E-state index in [0.29, 0.717) is 11.8 Å². The molecule has 1 saturated heterocycles. The van der Waals surface area contributed by atoms with Crippen molar-refractivity contribution in [3.8, 4) is 0 Å². The number of hydrogen-bond donors (Lipinski definition) is 0. The van der Waals surface area contributed by atoms with Crippen molar-refractivity contribution in [1.82, 2.24) is 9.80 Å². The van der Waals surface area contributed by atoms with Gasteiger partial charge in [0.05, 0.1) is 0 Å². The topological polar surface area (TPSA) is 23.6 Å². The average molecular weight is 284 g/mol. The summed E-state index contributed by atoms with van der Waals surface area (Å²) in [5.74, 6) is 1.04. The summed E-state index contributed by atoms with van der Waals surface area (Å²) in [7, 11) is 0. The number of carbonyl (C=O) groups excluding carboxylic acids is 1. The lowest BCUT2D eigenvalue weighted by molar-refractivity contribution is -0.132. The van der Waals surface area contributed by atoms with Crippen molar-refractivity contribution < 1.29 is 4.79 Å². The first-order valence-electron chi connectivity index (χ1n) is 7.96. The molecule has 0 bridgehead atoms. The highest BCUT2D eigenvalue weighted by atomic mass is 16.2. The lowest BCUT2D eigenvalue weighted by Gasteiger charge is -2.21. The van der Waals surface area contributed by atoms with Crippen LogP contribution in [0.2, 0.25) is 0 Å². The van der Waals surface area contributed by atoms with E-state index in [1.54, 1.807) is 0 Å². The van der Waals surface area contributed by atoms with E-state index in [-0.39, 0.29) is 5.92 Å². The van der Waals surface area contributed by atoms with Gasteiger partial charge in [0.1, 0.15) is 0 Å². The Labute approximate surface area is 127 Å². The predicted molar refractivity (Wildman–Crippen MR) is 85.1 cm³/mol. The molecular weight excluding hydrogens is 260 g/mol. The monoisotopic (exact) mass is 284 g/mol. The van der Waals surface area contributed by atoms with Crippen LogP contribution in [0.4, 0.5) is 0 Å². The van der Waals surface area contributed by atoms with E-state index in [1.807, 2.05) is 12.1 Å². The third-order valence-corrected chi connectivity index (χ3v) is 4.62. The van der Waals surface area contributed by atoms with E-state index in [1.165, 1.54) is 5.56 Å². The van der Waals surface area contributed by atoms with Crippen LogP contribution in [0.3, 0.4) is 0 Å². The maximum Gasteiger partial charge on any atom is 0.226 e. The Bertz CT molecular complexity index is 499. The second kappa shape index (κ2) is 6.44. The molecule has 1 heterocycles. The molecule has 0 N–H and O–H groups in total. The molecule has 3 nitrogen and oxygen atoms in total. The summed E-state index contributed by atoms with van der Waals surface area (Å²) in [6.07, 6.45) is 4.04. The molecule has 0 spiro atoms. The lowest BCUT2D eigenvalue weighted by Crippen LogP contribution is -2.36. The van der Waals surface area contributed by atoms with Crippen molar-refractivity contribution >= 4 is 5.91 Å². The number of benzene rings is 1. The van der Waals surface area contributed by atoms with Crippen LogP contribution in [-0.2, 0) is 4.79 Å². The Hall–Kier alpha value is -1.61. The van der Waals surface area contributed by atoms with Crippen LogP contribution in [0.25, 0.3) is 0 Å². The van der Waals surface area contributed by atoms with E-state index in [9.17, 15) is 4.79 Å². The summed E-state index contributed by atoms with van der Waals surface area (Å²) >= 11 is 0. The molecule has 1 aliphatic heterocycles. The normalized spacial score (nSPS) is 26.2. The van der Waals surface area contributed by atoms with Gasteiger partial charge in [0, 0.05) is 38.6 Å². The number of amides is 1. The third kappa shape index (κ3) is 3.35. The maximum atomic E-state index is 12.6. The molecule has 1 aromatic carbocycles. The van der Waals surface area contributed by atoms with Crippen molar-refractivity contribution in [3.63, 3.8) is 0 Å². The number of rotatable bonds is 4. The third-order valence-electron chi connectivity index (χ3n) is 4.62. The van der Waals surface area contributed by atoms with Gasteiger partial charge in [-0.1, -0.05) is 36.4 Å². The summed E-state index contributed by atoms with van der Waals surface area (Å²) in [6.45, 7) is 8.55. The van der Waals surface area contributed by atoms with Crippen LogP contribution in [0.15, 0.2) is 43.0 Å². The Kier molecular flexibility index (Phi) is 4.39. The molecule has 2 aliphatic rings. The molecule has 1 aromatic rings. The summed E-state index contributed by atoms with van der Waals surface area (Å²) in [4.78, 5) is 17.1. The van der Waals surface area contributed by atoms with Crippen molar-refractivity contribution in [3.05, 3.63) is 48.6 Å². The summed E-state index contributed by atoms with van der Waals surface area (Å²) in [6, 6.07) is 10.5. The minimum Gasteiger partial charge on any atom is -0.341 e. The molecule has 3 rings (SSSR count). The van der Waals surface area contributed by atoms with E-state index in [2.05, 4.69) is 40.6 Å². The first-order chi connectivity index (χ1) is 10.3. The Morgan fingerprint density at radius 1 is 1.19 bits per heavy atom. The van der Waals surface area contributed by atoms with E-state index < -0.39 is 0 Å². The highest BCUT2D eigenvalue weighted by Gasteiger charge is 2.45. The van der Waals surface area contributed by atoms with Crippen LogP contribution in [-0.4, -0.2) is 48.4 Å². The van der Waals surface area contributed by atoms with Gasteiger partial charge >= 0.3 is 0 Å². The number of carbonyl (C=O) groups is 1. The molecule has 0 aromatic heterocycles. The molecule has 2 unspecified atom stereocenters. The van der Waals surface area contributed by atoms with Crippen LogP contribution < -0.4 is 0 Å². The summed E-state index contributed by atoms with van der Waals surface area (Å²) < 4.78 is 0. The molecule has 0 radical (unpaired) electrons. The molecule has 1 aliphatic carbocycles. The lowest BCUT2D eigenvalue weighted by atomic mass is 10.1. The predicted octanol–water partition coefficient (Wildman–Crippen LogP) is 2.51. The minimum atomic E-state index is 0.221. The first kappa shape index (κ1) is 14.3. The van der Waals surface area contributed by atoms with Crippen molar-refractivity contribution in [2.75, 3.05) is 32.7 Å². The molecule has 2 atom stereocenters. The molecule has 1 saturated carbocycles. The Balaban J connectivity index is 1.56. The number of hydrogen-bond acceptors (Lipinski definition) is 2. The first-order valence-corrected chi connectivity index (χ1v) is 7.96. The van der Waals surface area contributed by atoms with Crippen LogP contribution in [0.1, 0.15) is 24.3 Å². The zero-order valence-electron chi connectivity index (χ0n) is 12.6. The fourth-order valence-corrected chi connectivity index (χ4v) is 3.33. The minimum absolute atomic E-state index is 0.221. The van der Waals surface area contributed by atoms with Gasteiger partial charge in [0.2, 0.25) is 5.91 Å². The van der Waals surface area contributed by atoms with E-state index in [4.69, 9.17) is 0 Å². The van der Waals surface area contributed by atoms with Crippen LogP contribution >= 0.6 is 0 Å². The average Bonchev–Trinajstić information content (AvgIpc) is 3.32. The summed E-state index contributed by atoms with van der Waals surface area (Å²) in [5, 5.41) is 0. The highest BCUT2D eigenvalue weighted by Crippen LogP contribution is 2.48. The quantitative estimate of drug-likeness (QED) is 0.793. The second-order valence-corrected chi connectivity index (χ2v) is 6.13. The van der Waals surface area contributed by atoms with Crippen molar-refractivity contribution in [2.45, 2.75) is 18.8 Å². The van der Waals surface area contributed by atoms with Gasteiger partial charge in [-0.3, -0.25) is 9.69 Å². The number of nitrogens with zero attached hydrogens (tertiary/aromatic N) is 2. The molecule has 21 heavy (non-hydrogen) atoms. The van der Waals surface area contributed by atoms with Crippen molar-refractivity contribution in [1.29, 1.82) is 0 Å². The SMILES string of the molecule is C=CCN1CCCN(C(=O)C2CC2c2ccccc2)CC1. The summed E-state index contributed by atoms with van der Waals surface area (Å²) in [5.41, 5.74) is 1.32. The van der Waals surface area contributed by atoms with Crippen molar-refractivity contribution in [2.24, 2.45) is 5.92 Å². The largest absolute Gasteiger partial charge is 0.341 e. The zero-order chi connectivity index (χ0) is 14.7. The van der Waals surface area contributed by atoms with Crippen LogP contribution in [0.5, 0.6) is 0 Å². The van der Waals surface area contributed by atoms with Gasteiger partial charge in [-0.05, 0) is 24.3 Å². The Morgan fingerprint density at radius 2 is 2.00 bits per heavy atom. The maximum absolute atomic E-state index is 12.6. The molecular formula is C18H24N2O. The molecule has 1 amide bonds. The van der Waals surface area contributed by atoms with Crippen LogP contribution in [0, 0.1) is 5.92 Å². The highest BCUT2D eigenvalue weighted by molar-refractivity contribution is 5.83. The van der Waals surface area contributed by atoms with E-state index >= 15 is 0 Å². The van der Waals surface area contributed by atoms with Gasteiger partial charge in [0.25, 0.3) is 0 Å². The zero-order valence-corrected chi connectivity index (χ0v) is 12.6. The van der Waals surface area contributed by atoms with E-state index in [0.717, 1.165) is 45.6 Å². The Morgan fingerprint density at radius 3 is 2.76 bits per heavy atom. The fourth-order valence-electron chi connectivity index (χ4n) is 3.33. The van der Waals surface area contributed by atoms with Gasteiger partial charge in [-0.25, -0.2) is 0 Å². The molecule has 2 fully saturated rings. The second-order valence-electron chi connectivity index (χ2n) is 6.13. The van der Waals surface area contributed by atoms with Gasteiger partial charge < -0.3 is 4.90 Å². The molecule has 112 valence electrons. The smallest absolute Gasteiger partial charge is 0.226 e. The molecule has 3 heteroatoms. The van der Waals surface area contributed by atoms with Gasteiger partial charge in [0.15, 0.2) is 0 Å². The van der Waals surface area contributed by atoms with Gasteiger partial charge in [-0.15, -0.1) is 6.58 Å².